The van der Waals surface area contributed by atoms with E-state index in [0.29, 0.717) is 17.3 Å². The van der Waals surface area contributed by atoms with Crippen molar-refractivity contribution in [3.8, 4) is 11.5 Å². The Labute approximate surface area is 123 Å². The SMILES string of the molecule is COc1ccc(NCc2c(Cl)cccc2OC)c(N)c1. The van der Waals surface area contributed by atoms with Gasteiger partial charge in [-0.15, -0.1) is 0 Å². The maximum atomic E-state index is 6.19. The second kappa shape index (κ2) is 6.39. The zero-order chi connectivity index (χ0) is 14.5. The Kier molecular flexibility index (Phi) is 4.58. The average Bonchev–Trinajstić information content (AvgIpc) is 2.46. The molecular weight excluding hydrogens is 276 g/mol. The highest BCUT2D eigenvalue weighted by molar-refractivity contribution is 6.31. The molecule has 20 heavy (non-hydrogen) atoms. The Balaban J connectivity index is 2.17. The normalized spacial score (nSPS) is 10.2. The van der Waals surface area contributed by atoms with E-state index in [1.165, 1.54) is 0 Å². The lowest BCUT2D eigenvalue weighted by molar-refractivity contribution is 0.410. The summed E-state index contributed by atoms with van der Waals surface area (Å²) in [6.45, 7) is 0.527. The van der Waals surface area contributed by atoms with E-state index in [1.54, 1.807) is 20.3 Å². The Morgan fingerprint density at radius 2 is 1.95 bits per heavy atom. The smallest absolute Gasteiger partial charge is 0.125 e. The number of hydrogen-bond acceptors (Lipinski definition) is 4. The van der Waals surface area contributed by atoms with Gasteiger partial charge in [0.15, 0.2) is 0 Å². The molecular formula is C15H17ClN2O2. The summed E-state index contributed by atoms with van der Waals surface area (Å²) in [6, 6.07) is 11.1. The topological polar surface area (TPSA) is 56.5 Å². The number of nitrogens with two attached hydrogens (primary N) is 1. The Bertz CT molecular complexity index is 602. The van der Waals surface area contributed by atoms with Crippen LogP contribution in [0.15, 0.2) is 36.4 Å². The van der Waals surface area contributed by atoms with Crippen LogP contribution < -0.4 is 20.5 Å². The van der Waals surface area contributed by atoms with Crippen molar-refractivity contribution in [3.63, 3.8) is 0 Å². The standard InChI is InChI=1S/C15H17ClN2O2/c1-19-10-6-7-14(13(17)8-10)18-9-11-12(16)4-3-5-15(11)20-2/h3-8,18H,9,17H2,1-2H3. The van der Waals surface area contributed by atoms with E-state index in [9.17, 15) is 0 Å². The molecule has 2 rings (SSSR count). The van der Waals surface area contributed by atoms with Crippen molar-refractivity contribution < 1.29 is 9.47 Å². The fourth-order valence-electron chi connectivity index (χ4n) is 1.91. The zero-order valence-corrected chi connectivity index (χ0v) is 12.2. The summed E-state index contributed by atoms with van der Waals surface area (Å²) in [6.07, 6.45) is 0. The number of rotatable bonds is 5. The van der Waals surface area contributed by atoms with E-state index in [-0.39, 0.29) is 0 Å². The highest BCUT2D eigenvalue weighted by Crippen LogP contribution is 2.29. The lowest BCUT2D eigenvalue weighted by Gasteiger charge is -2.14. The summed E-state index contributed by atoms with van der Waals surface area (Å²) in [7, 11) is 3.23. The first-order valence-corrected chi connectivity index (χ1v) is 6.52. The first kappa shape index (κ1) is 14.3. The minimum absolute atomic E-state index is 0.527. The van der Waals surface area contributed by atoms with Gasteiger partial charge in [-0.2, -0.15) is 0 Å². The minimum atomic E-state index is 0.527. The summed E-state index contributed by atoms with van der Waals surface area (Å²) in [5.41, 5.74) is 8.31. The zero-order valence-electron chi connectivity index (χ0n) is 11.4. The number of ether oxygens (including phenoxy) is 2. The highest BCUT2D eigenvalue weighted by atomic mass is 35.5. The van der Waals surface area contributed by atoms with Crippen LogP contribution in [0.2, 0.25) is 5.02 Å². The molecule has 0 amide bonds. The molecule has 0 spiro atoms. The number of anilines is 2. The van der Waals surface area contributed by atoms with Crippen LogP contribution in [0.1, 0.15) is 5.56 Å². The van der Waals surface area contributed by atoms with E-state index < -0.39 is 0 Å². The van der Waals surface area contributed by atoms with E-state index in [4.69, 9.17) is 26.8 Å². The van der Waals surface area contributed by atoms with Crippen molar-refractivity contribution in [2.45, 2.75) is 6.54 Å². The maximum Gasteiger partial charge on any atom is 0.125 e. The molecule has 0 radical (unpaired) electrons. The van der Waals surface area contributed by atoms with Crippen molar-refractivity contribution in [1.82, 2.24) is 0 Å². The summed E-state index contributed by atoms with van der Waals surface area (Å²) in [5.74, 6) is 1.47. The van der Waals surface area contributed by atoms with Gasteiger partial charge in [-0.3, -0.25) is 0 Å². The molecule has 106 valence electrons. The van der Waals surface area contributed by atoms with Gasteiger partial charge in [0.25, 0.3) is 0 Å². The van der Waals surface area contributed by atoms with Crippen LogP contribution in [0.25, 0.3) is 0 Å². The number of hydrogen-bond donors (Lipinski definition) is 2. The van der Waals surface area contributed by atoms with E-state index in [0.717, 1.165) is 22.7 Å². The number of benzene rings is 2. The Hall–Kier alpha value is -2.07. The molecule has 5 heteroatoms. The molecule has 2 aromatic carbocycles. The van der Waals surface area contributed by atoms with E-state index in [1.807, 2.05) is 30.3 Å². The van der Waals surface area contributed by atoms with Gasteiger partial charge < -0.3 is 20.5 Å². The van der Waals surface area contributed by atoms with Crippen molar-refractivity contribution in [2.24, 2.45) is 0 Å². The summed E-state index contributed by atoms with van der Waals surface area (Å²) < 4.78 is 10.4. The molecule has 0 unspecified atom stereocenters. The van der Waals surface area contributed by atoms with Crippen LogP contribution in [0.3, 0.4) is 0 Å². The lowest BCUT2D eigenvalue weighted by Crippen LogP contribution is -2.04. The van der Waals surface area contributed by atoms with Crippen LogP contribution in [0.5, 0.6) is 11.5 Å². The van der Waals surface area contributed by atoms with Gasteiger partial charge in [-0.1, -0.05) is 17.7 Å². The van der Waals surface area contributed by atoms with E-state index >= 15 is 0 Å². The van der Waals surface area contributed by atoms with Crippen molar-refractivity contribution >= 4 is 23.0 Å². The third-order valence-electron chi connectivity index (χ3n) is 3.01. The third-order valence-corrected chi connectivity index (χ3v) is 3.36. The first-order chi connectivity index (χ1) is 9.65. The molecule has 0 aliphatic heterocycles. The van der Waals surface area contributed by atoms with Crippen molar-refractivity contribution in [2.75, 3.05) is 25.3 Å². The highest BCUT2D eigenvalue weighted by Gasteiger charge is 2.08. The molecule has 4 nitrogen and oxygen atoms in total. The van der Waals surface area contributed by atoms with Gasteiger partial charge in [-0.05, 0) is 24.3 Å². The predicted octanol–water partition coefficient (Wildman–Crippen LogP) is 3.55. The van der Waals surface area contributed by atoms with Gasteiger partial charge in [0.05, 0.1) is 25.6 Å². The Morgan fingerprint density at radius 1 is 1.15 bits per heavy atom. The number of halogens is 1. The molecule has 0 heterocycles. The van der Waals surface area contributed by atoms with Crippen LogP contribution in [0, 0.1) is 0 Å². The van der Waals surface area contributed by atoms with Gasteiger partial charge >= 0.3 is 0 Å². The predicted molar refractivity (Wildman–Crippen MR) is 82.7 cm³/mol. The van der Waals surface area contributed by atoms with Gasteiger partial charge in [0.2, 0.25) is 0 Å². The van der Waals surface area contributed by atoms with Crippen molar-refractivity contribution in [3.05, 3.63) is 47.0 Å². The summed E-state index contributed by atoms with van der Waals surface area (Å²) >= 11 is 6.19. The molecule has 2 aromatic rings. The summed E-state index contributed by atoms with van der Waals surface area (Å²) in [4.78, 5) is 0. The third kappa shape index (κ3) is 3.08. The minimum Gasteiger partial charge on any atom is -0.497 e. The fraction of sp³-hybridized carbons (Fsp3) is 0.200. The quantitative estimate of drug-likeness (QED) is 0.828. The van der Waals surface area contributed by atoms with Crippen LogP contribution in [-0.4, -0.2) is 14.2 Å². The maximum absolute atomic E-state index is 6.19. The largest absolute Gasteiger partial charge is 0.497 e. The van der Waals surface area contributed by atoms with Crippen molar-refractivity contribution in [1.29, 1.82) is 0 Å². The monoisotopic (exact) mass is 292 g/mol. The van der Waals surface area contributed by atoms with Crippen LogP contribution in [0.4, 0.5) is 11.4 Å². The van der Waals surface area contributed by atoms with E-state index in [2.05, 4.69) is 5.32 Å². The average molecular weight is 293 g/mol. The fourth-order valence-corrected chi connectivity index (χ4v) is 2.15. The number of nitrogen functional groups attached to an aromatic ring is 1. The van der Waals surface area contributed by atoms with Gasteiger partial charge in [-0.25, -0.2) is 0 Å². The van der Waals surface area contributed by atoms with Crippen LogP contribution in [-0.2, 0) is 6.54 Å². The summed E-state index contributed by atoms with van der Waals surface area (Å²) in [5, 5.41) is 3.91. The molecule has 0 saturated heterocycles. The Morgan fingerprint density at radius 3 is 2.60 bits per heavy atom. The van der Waals surface area contributed by atoms with Gasteiger partial charge in [0, 0.05) is 23.2 Å². The van der Waals surface area contributed by atoms with Gasteiger partial charge in [0.1, 0.15) is 11.5 Å². The second-order valence-electron chi connectivity index (χ2n) is 4.23. The number of nitrogens with one attached hydrogen (secondary N) is 1. The molecule has 0 atom stereocenters. The molecule has 3 N–H and O–H groups in total. The second-order valence-corrected chi connectivity index (χ2v) is 4.63. The molecule has 0 fully saturated rings. The van der Waals surface area contributed by atoms with Crippen LogP contribution >= 0.6 is 11.6 Å². The molecule has 0 saturated carbocycles. The molecule has 0 bridgehead atoms. The molecule has 0 aromatic heterocycles. The number of methoxy groups -OCH3 is 2. The lowest BCUT2D eigenvalue weighted by atomic mass is 10.2. The molecule has 0 aliphatic rings. The first-order valence-electron chi connectivity index (χ1n) is 6.14. The molecule has 0 aliphatic carbocycles.